The van der Waals surface area contributed by atoms with Gasteiger partial charge in [0, 0.05) is 32.4 Å². The molecular formula is C20H22N6O. The second-order valence-corrected chi connectivity index (χ2v) is 7.13. The van der Waals surface area contributed by atoms with E-state index in [1.807, 2.05) is 18.2 Å². The van der Waals surface area contributed by atoms with E-state index in [0.29, 0.717) is 5.56 Å². The van der Waals surface area contributed by atoms with E-state index in [2.05, 4.69) is 43.8 Å². The van der Waals surface area contributed by atoms with Crippen molar-refractivity contribution in [3.8, 4) is 0 Å². The monoisotopic (exact) mass is 362 g/mol. The fraction of sp³-hybridized carbons (Fsp3) is 0.350. The Morgan fingerprint density at radius 2 is 2.00 bits per heavy atom. The van der Waals surface area contributed by atoms with Gasteiger partial charge < -0.3 is 15.5 Å². The summed E-state index contributed by atoms with van der Waals surface area (Å²) in [7, 11) is 0. The van der Waals surface area contributed by atoms with Crippen LogP contribution in [0.25, 0.3) is 5.65 Å². The van der Waals surface area contributed by atoms with Crippen LogP contribution in [0.3, 0.4) is 0 Å². The van der Waals surface area contributed by atoms with Crippen molar-refractivity contribution in [3.05, 3.63) is 59.3 Å². The van der Waals surface area contributed by atoms with E-state index in [4.69, 9.17) is 0 Å². The van der Waals surface area contributed by atoms with Gasteiger partial charge in [0.05, 0.1) is 11.6 Å². The lowest BCUT2D eigenvalue weighted by atomic mass is 10.1. The summed E-state index contributed by atoms with van der Waals surface area (Å²) in [6.07, 6.45) is 3.73. The van der Waals surface area contributed by atoms with E-state index in [0.717, 1.165) is 50.6 Å². The lowest BCUT2D eigenvalue weighted by Gasteiger charge is -2.25. The molecule has 1 aromatic carbocycles. The van der Waals surface area contributed by atoms with Gasteiger partial charge in [-0.25, -0.2) is 4.52 Å². The highest BCUT2D eigenvalue weighted by atomic mass is 16.1. The zero-order valence-corrected chi connectivity index (χ0v) is 15.1. The molecule has 3 heterocycles. The number of carbonyl (C=O) groups excluding carboxylic acids is 1. The number of amides is 1. The van der Waals surface area contributed by atoms with E-state index < -0.39 is 0 Å². The van der Waals surface area contributed by atoms with Gasteiger partial charge in [0.25, 0.3) is 5.91 Å². The fourth-order valence-corrected chi connectivity index (χ4v) is 3.95. The number of rotatable bonds is 3. The molecule has 2 aliphatic rings. The van der Waals surface area contributed by atoms with Gasteiger partial charge in [-0.1, -0.05) is 24.3 Å². The van der Waals surface area contributed by atoms with Crippen LogP contribution in [0, 0.1) is 0 Å². The first-order valence-electron chi connectivity index (χ1n) is 9.49. The van der Waals surface area contributed by atoms with Crippen molar-refractivity contribution in [2.24, 2.45) is 0 Å². The van der Waals surface area contributed by atoms with Gasteiger partial charge in [-0.2, -0.15) is 4.98 Å². The standard InChI is InChI=1S/C20H22N6O/c27-19(22-17-7-5-14-3-1-2-4-16(14)17)15-6-8-18-23-20(24-26(18)13-15)25-11-9-21-10-12-25/h1-4,6,8,13,17,21H,5,7,9-12H2,(H,22,27)/t17-/m0/s1. The predicted octanol–water partition coefficient (Wildman–Crippen LogP) is 1.56. The second-order valence-electron chi connectivity index (χ2n) is 7.13. The van der Waals surface area contributed by atoms with Crippen LogP contribution >= 0.6 is 0 Å². The average Bonchev–Trinajstić information content (AvgIpc) is 3.32. The minimum absolute atomic E-state index is 0.0715. The van der Waals surface area contributed by atoms with Crippen LogP contribution < -0.4 is 15.5 Å². The summed E-state index contributed by atoms with van der Waals surface area (Å²) in [6.45, 7) is 3.66. The summed E-state index contributed by atoms with van der Waals surface area (Å²) in [5.74, 6) is 0.650. The SMILES string of the molecule is O=C(N[C@H]1CCc2ccccc21)c1ccc2nc(N3CCNCC3)nn2c1. The molecule has 5 rings (SSSR count). The van der Waals surface area contributed by atoms with E-state index in [9.17, 15) is 4.79 Å². The fourth-order valence-electron chi connectivity index (χ4n) is 3.95. The molecule has 0 unspecified atom stereocenters. The highest BCUT2D eigenvalue weighted by molar-refractivity contribution is 5.94. The molecule has 1 atom stereocenters. The van der Waals surface area contributed by atoms with Crippen LogP contribution in [-0.4, -0.2) is 46.7 Å². The van der Waals surface area contributed by atoms with Gasteiger partial charge in [0.1, 0.15) is 0 Å². The number of fused-ring (bicyclic) bond motifs is 2. The molecule has 138 valence electrons. The Labute approximate surface area is 157 Å². The number of carbonyl (C=O) groups is 1. The predicted molar refractivity (Wildman–Crippen MR) is 103 cm³/mol. The first kappa shape index (κ1) is 16.3. The number of pyridine rings is 1. The van der Waals surface area contributed by atoms with Gasteiger partial charge >= 0.3 is 0 Å². The zero-order valence-electron chi connectivity index (χ0n) is 15.1. The van der Waals surface area contributed by atoms with Crippen molar-refractivity contribution in [2.45, 2.75) is 18.9 Å². The lowest BCUT2D eigenvalue weighted by Crippen LogP contribution is -2.44. The second kappa shape index (κ2) is 6.66. The van der Waals surface area contributed by atoms with Gasteiger partial charge in [0.2, 0.25) is 5.95 Å². The third-order valence-corrected chi connectivity index (χ3v) is 5.42. The van der Waals surface area contributed by atoms with Gasteiger partial charge in [0.15, 0.2) is 5.65 Å². The molecule has 2 aromatic heterocycles. The summed E-state index contributed by atoms with van der Waals surface area (Å²) in [5, 5.41) is 11.1. The highest BCUT2D eigenvalue weighted by Gasteiger charge is 2.24. The number of piperazine rings is 1. The van der Waals surface area contributed by atoms with Crippen molar-refractivity contribution >= 4 is 17.5 Å². The minimum atomic E-state index is -0.0715. The Hall–Kier alpha value is -2.93. The molecule has 0 spiro atoms. The molecule has 27 heavy (non-hydrogen) atoms. The molecule has 7 heteroatoms. The first-order chi connectivity index (χ1) is 13.3. The molecule has 1 aliphatic heterocycles. The topological polar surface area (TPSA) is 74.6 Å². The van der Waals surface area contributed by atoms with Crippen molar-refractivity contribution in [3.63, 3.8) is 0 Å². The van der Waals surface area contributed by atoms with Crippen LogP contribution in [0.2, 0.25) is 0 Å². The molecule has 1 amide bonds. The average molecular weight is 362 g/mol. The minimum Gasteiger partial charge on any atom is -0.345 e. The van der Waals surface area contributed by atoms with Crippen molar-refractivity contribution in [2.75, 3.05) is 31.1 Å². The number of hydrogen-bond donors (Lipinski definition) is 2. The summed E-state index contributed by atoms with van der Waals surface area (Å²) >= 11 is 0. The normalized spacial score (nSPS) is 19.3. The highest BCUT2D eigenvalue weighted by Crippen LogP contribution is 2.30. The van der Waals surface area contributed by atoms with Crippen molar-refractivity contribution in [1.29, 1.82) is 0 Å². The van der Waals surface area contributed by atoms with Crippen molar-refractivity contribution in [1.82, 2.24) is 25.2 Å². The van der Waals surface area contributed by atoms with E-state index in [1.54, 1.807) is 10.7 Å². The van der Waals surface area contributed by atoms with Crippen LogP contribution in [0.4, 0.5) is 5.95 Å². The van der Waals surface area contributed by atoms with Crippen LogP contribution in [0.5, 0.6) is 0 Å². The zero-order chi connectivity index (χ0) is 18.2. The van der Waals surface area contributed by atoms with Crippen molar-refractivity contribution < 1.29 is 4.79 Å². The maximum absolute atomic E-state index is 12.8. The molecule has 0 saturated carbocycles. The van der Waals surface area contributed by atoms with Gasteiger partial charge in [-0.3, -0.25) is 4.79 Å². The smallest absolute Gasteiger partial charge is 0.253 e. The molecule has 0 radical (unpaired) electrons. The molecule has 0 bridgehead atoms. The third kappa shape index (κ3) is 3.04. The number of benzene rings is 1. The summed E-state index contributed by atoms with van der Waals surface area (Å²) in [4.78, 5) is 19.5. The first-order valence-corrected chi connectivity index (χ1v) is 9.49. The Balaban J connectivity index is 1.36. The molecule has 1 fully saturated rings. The molecule has 7 nitrogen and oxygen atoms in total. The lowest BCUT2D eigenvalue weighted by molar-refractivity contribution is 0.0936. The van der Waals surface area contributed by atoms with E-state index in [-0.39, 0.29) is 11.9 Å². The Morgan fingerprint density at radius 3 is 2.89 bits per heavy atom. The Morgan fingerprint density at radius 1 is 1.15 bits per heavy atom. The summed E-state index contributed by atoms with van der Waals surface area (Å²) < 4.78 is 1.70. The summed E-state index contributed by atoms with van der Waals surface area (Å²) in [5.41, 5.74) is 3.92. The van der Waals surface area contributed by atoms with Crippen LogP contribution in [-0.2, 0) is 6.42 Å². The van der Waals surface area contributed by atoms with Crippen LogP contribution in [0.1, 0.15) is 33.9 Å². The number of nitrogens with zero attached hydrogens (tertiary/aromatic N) is 4. The largest absolute Gasteiger partial charge is 0.345 e. The molecule has 3 aromatic rings. The quantitative estimate of drug-likeness (QED) is 0.740. The molecular weight excluding hydrogens is 340 g/mol. The molecule has 1 saturated heterocycles. The van der Waals surface area contributed by atoms with E-state index in [1.165, 1.54) is 11.1 Å². The number of nitrogens with one attached hydrogen (secondary N) is 2. The van der Waals surface area contributed by atoms with Gasteiger partial charge in [-0.15, -0.1) is 5.10 Å². The van der Waals surface area contributed by atoms with Gasteiger partial charge in [-0.05, 0) is 36.1 Å². The number of anilines is 1. The number of hydrogen-bond acceptors (Lipinski definition) is 5. The third-order valence-electron chi connectivity index (χ3n) is 5.42. The Bertz CT molecular complexity index is 991. The molecule has 2 N–H and O–H groups in total. The number of aromatic nitrogens is 3. The van der Waals surface area contributed by atoms with Crippen LogP contribution in [0.15, 0.2) is 42.6 Å². The van der Waals surface area contributed by atoms with E-state index >= 15 is 0 Å². The summed E-state index contributed by atoms with van der Waals surface area (Å²) in [6, 6.07) is 12.1. The number of aryl methyl sites for hydroxylation is 1. The maximum atomic E-state index is 12.8. The molecule has 1 aliphatic carbocycles. The Kier molecular flexibility index (Phi) is 4.01. The maximum Gasteiger partial charge on any atom is 0.253 e.